The first kappa shape index (κ1) is 20.1. The fourth-order valence-electron chi connectivity index (χ4n) is 0. The van der Waals surface area contributed by atoms with Gasteiger partial charge in [0.05, 0.1) is 0 Å². The molecule has 0 unspecified atom stereocenters. The van der Waals surface area contributed by atoms with E-state index in [1.807, 2.05) is 0 Å². The molecule has 4 heavy (non-hydrogen) atoms. The minimum absolute atomic E-state index is 0. The van der Waals surface area contributed by atoms with Gasteiger partial charge in [-0.2, -0.15) is 0 Å². The van der Waals surface area contributed by atoms with E-state index in [0.717, 1.165) is 0 Å². The second kappa shape index (κ2) is 36.7. The van der Waals surface area contributed by atoms with Gasteiger partial charge in [0, 0.05) is 23.1 Å². The van der Waals surface area contributed by atoms with Gasteiger partial charge < -0.3 is 0 Å². The Morgan fingerprint density at radius 3 is 1.25 bits per heavy atom. The summed E-state index contributed by atoms with van der Waals surface area (Å²) in [5.41, 5.74) is 0. The van der Waals surface area contributed by atoms with Crippen LogP contribution in [0.3, 0.4) is 0 Å². The molecule has 0 bridgehead atoms. The summed E-state index contributed by atoms with van der Waals surface area (Å²) in [5, 5.41) is 6.50. The van der Waals surface area contributed by atoms with E-state index < -0.39 is 0 Å². The van der Waals surface area contributed by atoms with E-state index in [-0.39, 0.29) is 46.0 Å². The molecule has 0 aliphatic carbocycles. The number of hydrogen-bond acceptors (Lipinski definition) is 1. The topological polar surface area (TPSA) is 23.8 Å². The van der Waals surface area contributed by atoms with Crippen LogP contribution < -0.4 is 0 Å². The van der Waals surface area contributed by atoms with E-state index in [0.29, 0.717) is 0 Å². The Kier molecular flexibility index (Phi) is 184. The molecule has 0 amide bonds. The molecule has 0 saturated heterocycles. The predicted molar refractivity (Wildman–Crippen MR) is 13.8 cm³/mol. The van der Waals surface area contributed by atoms with E-state index in [1.54, 1.807) is 0 Å². The Balaban J connectivity index is -0.00000000500. The van der Waals surface area contributed by atoms with Crippen molar-refractivity contribution in [1.82, 2.24) is 0 Å². The molecule has 0 heterocycles. The first-order valence-corrected chi connectivity index (χ1v) is 0.258. The maximum atomic E-state index is 6.50. The quantitative estimate of drug-likeness (QED) is 0.385. The molecule has 0 aliphatic rings. The minimum atomic E-state index is 0. The summed E-state index contributed by atoms with van der Waals surface area (Å²) in [6.45, 7) is 3.50. The molecular weight excluding hydrogens is 108 g/mol. The molecule has 1 nitrogen and oxygen atoms in total. The third-order valence-corrected chi connectivity index (χ3v) is 0. The van der Waals surface area contributed by atoms with E-state index >= 15 is 0 Å². The van der Waals surface area contributed by atoms with Crippen molar-refractivity contribution >= 4 is 29.6 Å². The van der Waals surface area contributed by atoms with Gasteiger partial charge in [-0.15, -0.1) is 0 Å². The molecular formula is CH2NNaNi. The summed E-state index contributed by atoms with van der Waals surface area (Å²) in [5.74, 6) is 0. The zero-order valence-electron chi connectivity index (χ0n) is 1.34. The van der Waals surface area contributed by atoms with Crippen molar-refractivity contribution in [1.29, 1.82) is 5.26 Å². The van der Waals surface area contributed by atoms with Gasteiger partial charge in [0.25, 0.3) is 0 Å². The first-order chi connectivity index (χ1) is 1.00. The Labute approximate surface area is 57.6 Å². The van der Waals surface area contributed by atoms with Crippen molar-refractivity contribution in [3.63, 3.8) is 0 Å². The van der Waals surface area contributed by atoms with Gasteiger partial charge in [0.1, 0.15) is 0 Å². The van der Waals surface area contributed by atoms with Crippen LogP contribution in [0.15, 0.2) is 0 Å². The van der Waals surface area contributed by atoms with Gasteiger partial charge in [-0.25, -0.2) is 5.26 Å². The fraction of sp³-hybridized carbons (Fsp3) is 0. The summed E-state index contributed by atoms with van der Waals surface area (Å²) in [6.07, 6.45) is 0. The zero-order chi connectivity index (χ0) is 2.00. The summed E-state index contributed by atoms with van der Waals surface area (Å²) in [7, 11) is 0. The van der Waals surface area contributed by atoms with Gasteiger partial charge >= 0.3 is 29.6 Å². The van der Waals surface area contributed by atoms with Crippen molar-refractivity contribution < 1.29 is 16.5 Å². The van der Waals surface area contributed by atoms with E-state index in [1.165, 1.54) is 0 Å². The zero-order valence-corrected chi connectivity index (χ0v) is 2.33. The minimum Gasteiger partial charge on any atom is 0 e. The van der Waals surface area contributed by atoms with Crippen molar-refractivity contribution in [3.05, 3.63) is 0 Å². The molecule has 0 fully saturated rings. The van der Waals surface area contributed by atoms with Crippen molar-refractivity contribution in [3.8, 4) is 6.57 Å². The van der Waals surface area contributed by atoms with Gasteiger partial charge in [0.15, 0.2) is 0 Å². The molecule has 0 aromatic heterocycles. The van der Waals surface area contributed by atoms with Crippen LogP contribution in [-0.2, 0) is 16.5 Å². The summed E-state index contributed by atoms with van der Waals surface area (Å²) >= 11 is 0. The van der Waals surface area contributed by atoms with Crippen LogP contribution >= 0.6 is 0 Å². The van der Waals surface area contributed by atoms with Crippen molar-refractivity contribution in [2.75, 3.05) is 0 Å². The van der Waals surface area contributed by atoms with E-state index in [9.17, 15) is 0 Å². The molecule has 22 valence electrons. The van der Waals surface area contributed by atoms with Crippen LogP contribution in [0.5, 0.6) is 0 Å². The second-order valence-corrected chi connectivity index (χ2v) is 0. The average molecular weight is 110 g/mol. The molecule has 3 heteroatoms. The van der Waals surface area contributed by atoms with Crippen LogP contribution in [0.2, 0.25) is 0 Å². The maximum absolute atomic E-state index is 6.50. The molecule has 0 aromatic carbocycles. The molecule has 0 aliphatic heterocycles. The van der Waals surface area contributed by atoms with Crippen molar-refractivity contribution in [2.24, 2.45) is 0 Å². The molecule has 0 saturated carbocycles. The third-order valence-electron chi connectivity index (χ3n) is 0. The normalized spacial score (nSPS) is 0.500. The monoisotopic (exact) mass is 109 g/mol. The van der Waals surface area contributed by atoms with Crippen molar-refractivity contribution in [2.45, 2.75) is 0 Å². The Hall–Kier alpha value is 0.984. The number of rotatable bonds is 0. The number of nitrogens with zero attached hydrogens (tertiary/aromatic N) is 1. The largest absolute Gasteiger partial charge is 0 e. The van der Waals surface area contributed by atoms with Gasteiger partial charge in [0.2, 0.25) is 0 Å². The van der Waals surface area contributed by atoms with Crippen LogP contribution in [0.25, 0.3) is 0 Å². The predicted octanol–water partition coefficient (Wildman–Crippen LogP) is -0.511. The smallest absolute Gasteiger partial charge is 0 e. The second-order valence-electron chi connectivity index (χ2n) is 0. The average Bonchev–Trinajstić information content (AvgIpc) is 1.00. The molecule has 0 atom stereocenters. The third kappa shape index (κ3) is 12.1. The van der Waals surface area contributed by atoms with Gasteiger partial charge in [-0.1, -0.05) is 0 Å². The SMILES string of the molecule is C#N.[NaH].[Ni]. The van der Waals surface area contributed by atoms with Gasteiger partial charge in [-0.05, 0) is 0 Å². The molecule has 0 spiro atoms. The summed E-state index contributed by atoms with van der Waals surface area (Å²) in [6, 6.07) is 0. The Bertz CT molecular complexity index is 12.8. The molecule has 0 radical (unpaired) electrons. The first-order valence-electron chi connectivity index (χ1n) is 0.258. The van der Waals surface area contributed by atoms with Crippen LogP contribution in [0.4, 0.5) is 0 Å². The van der Waals surface area contributed by atoms with Gasteiger partial charge in [-0.3, -0.25) is 0 Å². The maximum Gasteiger partial charge on any atom is 0 e. The fourth-order valence-corrected chi connectivity index (χ4v) is 0. The van der Waals surface area contributed by atoms with Crippen LogP contribution in [0.1, 0.15) is 0 Å². The summed E-state index contributed by atoms with van der Waals surface area (Å²) < 4.78 is 0. The molecule has 0 aromatic rings. The number of nitriles is 1. The summed E-state index contributed by atoms with van der Waals surface area (Å²) in [4.78, 5) is 0. The van der Waals surface area contributed by atoms with E-state index in [4.69, 9.17) is 5.26 Å². The standard InChI is InChI=1S/CHN.Na.Ni.H/c1-2;;;/h1H;;;. The Morgan fingerprint density at radius 1 is 1.25 bits per heavy atom. The number of hydrogen-bond donors (Lipinski definition) is 0. The molecule has 0 N–H and O–H groups in total. The van der Waals surface area contributed by atoms with Crippen LogP contribution in [-0.4, -0.2) is 29.6 Å². The molecule has 0 rings (SSSR count). The Morgan fingerprint density at radius 2 is 1.25 bits per heavy atom. The van der Waals surface area contributed by atoms with E-state index in [2.05, 4.69) is 6.57 Å². The van der Waals surface area contributed by atoms with Crippen LogP contribution in [0, 0.1) is 11.8 Å².